The first-order valence-corrected chi connectivity index (χ1v) is 6.19. The van der Waals surface area contributed by atoms with Crippen LogP contribution in [0.4, 0.5) is 0 Å². The van der Waals surface area contributed by atoms with Gasteiger partial charge in [0.2, 0.25) is 11.8 Å². The maximum Gasteiger partial charge on any atom is 0.328 e. The Morgan fingerprint density at radius 1 is 1.28 bits per heavy atom. The summed E-state index contributed by atoms with van der Waals surface area (Å²) in [5.74, 6) is -1.12. The van der Waals surface area contributed by atoms with Gasteiger partial charge in [-0.2, -0.15) is 0 Å². The van der Waals surface area contributed by atoms with Crippen molar-refractivity contribution >= 4 is 17.8 Å². The van der Waals surface area contributed by atoms with Gasteiger partial charge >= 0.3 is 5.97 Å². The SMILES string of the molecule is COC(=O)C(C)N1C(=O)[C@@H]2[C@H](C1=O)[C@H]1C=C[C@@H]2C1. The number of methoxy groups -OCH3 is 1. The molecule has 1 aliphatic heterocycles. The Kier molecular flexibility index (Phi) is 2.33. The molecule has 3 rings (SSSR count). The fraction of sp³-hybridized carbons (Fsp3) is 0.615. The number of carbonyl (C=O) groups excluding carboxylic acids is 3. The van der Waals surface area contributed by atoms with E-state index in [-0.39, 0.29) is 35.5 Å². The first-order chi connectivity index (χ1) is 8.56. The molecule has 0 N–H and O–H groups in total. The number of hydrogen-bond donors (Lipinski definition) is 0. The number of carbonyl (C=O) groups is 3. The van der Waals surface area contributed by atoms with Crippen molar-refractivity contribution in [1.82, 2.24) is 4.90 Å². The van der Waals surface area contributed by atoms with Crippen molar-refractivity contribution < 1.29 is 19.1 Å². The molecule has 2 fully saturated rings. The van der Waals surface area contributed by atoms with Gasteiger partial charge in [0.15, 0.2) is 0 Å². The van der Waals surface area contributed by atoms with Gasteiger partial charge in [0, 0.05) is 0 Å². The van der Waals surface area contributed by atoms with E-state index in [1.165, 1.54) is 14.0 Å². The average molecular weight is 249 g/mol. The third kappa shape index (κ3) is 1.24. The number of likely N-dealkylation sites (tertiary alicyclic amines) is 1. The lowest BCUT2D eigenvalue weighted by Crippen LogP contribution is -2.45. The highest BCUT2D eigenvalue weighted by atomic mass is 16.5. The number of esters is 1. The molecule has 5 nitrogen and oxygen atoms in total. The second kappa shape index (κ2) is 3.67. The number of imide groups is 1. The monoisotopic (exact) mass is 249 g/mol. The summed E-state index contributed by atoms with van der Waals surface area (Å²) in [6.45, 7) is 1.54. The molecule has 1 saturated carbocycles. The summed E-state index contributed by atoms with van der Waals surface area (Å²) in [5.41, 5.74) is 0. The molecule has 1 heterocycles. The van der Waals surface area contributed by atoms with Gasteiger partial charge in [-0.1, -0.05) is 12.2 Å². The third-order valence-electron chi connectivity index (χ3n) is 4.43. The third-order valence-corrected chi connectivity index (χ3v) is 4.43. The molecule has 0 radical (unpaired) electrons. The summed E-state index contributed by atoms with van der Waals surface area (Å²) >= 11 is 0. The summed E-state index contributed by atoms with van der Waals surface area (Å²) < 4.78 is 4.61. The molecule has 96 valence electrons. The van der Waals surface area contributed by atoms with Crippen molar-refractivity contribution in [3.8, 4) is 0 Å². The minimum atomic E-state index is -0.819. The van der Waals surface area contributed by atoms with Gasteiger partial charge in [-0.25, -0.2) is 4.79 Å². The van der Waals surface area contributed by atoms with Gasteiger partial charge in [-0.3, -0.25) is 14.5 Å². The number of allylic oxidation sites excluding steroid dienone is 2. The fourth-order valence-electron chi connectivity index (χ4n) is 3.58. The van der Waals surface area contributed by atoms with Gasteiger partial charge in [0.25, 0.3) is 0 Å². The number of amides is 2. The molecular weight excluding hydrogens is 234 g/mol. The molecule has 5 heteroatoms. The average Bonchev–Trinajstić information content (AvgIpc) is 3.02. The maximum absolute atomic E-state index is 12.3. The molecule has 3 aliphatic rings. The van der Waals surface area contributed by atoms with Crippen LogP contribution in [0, 0.1) is 23.7 Å². The lowest BCUT2D eigenvalue weighted by molar-refractivity contribution is -0.156. The molecule has 1 saturated heterocycles. The number of nitrogens with zero attached hydrogens (tertiary/aromatic N) is 1. The maximum atomic E-state index is 12.3. The predicted octanol–water partition coefficient (Wildman–Crippen LogP) is 0.355. The van der Waals surface area contributed by atoms with Gasteiger partial charge in [-0.05, 0) is 25.2 Å². The molecule has 18 heavy (non-hydrogen) atoms. The van der Waals surface area contributed by atoms with E-state index in [0.717, 1.165) is 11.3 Å². The van der Waals surface area contributed by atoms with Crippen LogP contribution in [0.2, 0.25) is 0 Å². The Labute approximate surface area is 105 Å². The van der Waals surface area contributed by atoms with Crippen molar-refractivity contribution in [2.75, 3.05) is 7.11 Å². The molecule has 0 spiro atoms. The van der Waals surface area contributed by atoms with Gasteiger partial charge in [-0.15, -0.1) is 0 Å². The van der Waals surface area contributed by atoms with E-state index >= 15 is 0 Å². The molecule has 0 aromatic heterocycles. The number of hydrogen-bond acceptors (Lipinski definition) is 4. The molecule has 2 amide bonds. The lowest BCUT2D eigenvalue weighted by Gasteiger charge is -2.22. The zero-order chi connectivity index (χ0) is 13.0. The van der Waals surface area contributed by atoms with E-state index in [1.807, 2.05) is 12.2 Å². The smallest absolute Gasteiger partial charge is 0.328 e. The summed E-state index contributed by atoms with van der Waals surface area (Å²) in [6, 6.07) is -0.819. The number of fused-ring (bicyclic) bond motifs is 5. The van der Waals surface area contributed by atoms with Crippen LogP contribution < -0.4 is 0 Å². The highest BCUT2D eigenvalue weighted by Gasteiger charge is 2.60. The first kappa shape index (κ1) is 11.4. The topological polar surface area (TPSA) is 63.7 Å². The second-order valence-electron chi connectivity index (χ2n) is 5.25. The minimum absolute atomic E-state index is 0.172. The quantitative estimate of drug-likeness (QED) is 0.402. The Balaban J connectivity index is 1.90. The highest BCUT2D eigenvalue weighted by molar-refractivity contribution is 6.08. The molecule has 1 unspecified atom stereocenters. The van der Waals surface area contributed by atoms with Gasteiger partial charge < -0.3 is 4.74 Å². The largest absolute Gasteiger partial charge is 0.467 e. The van der Waals surface area contributed by atoms with Gasteiger partial charge in [0.1, 0.15) is 6.04 Å². The zero-order valence-corrected chi connectivity index (χ0v) is 10.3. The van der Waals surface area contributed by atoms with Crippen molar-refractivity contribution in [2.45, 2.75) is 19.4 Å². The van der Waals surface area contributed by atoms with Crippen LogP contribution in [0.3, 0.4) is 0 Å². The van der Waals surface area contributed by atoms with E-state index < -0.39 is 12.0 Å². The standard InChI is InChI=1S/C13H15NO4/c1-6(13(17)18-2)14-11(15)9-7-3-4-8(5-7)10(9)12(14)16/h3-4,6-10H,5H2,1-2H3/t6?,7-,8+,9+,10-. The summed E-state index contributed by atoms with van der Waals surface area (Å²) in [7, 11) is 1.26. The summed E-state index contributed by atoms with van der Waals surface area (Å²) in [5, 5.41) is 0. The van der Waals surface area contributed by atoms with Crippen LogP contribution in [-0.2, 0) is 19.1 Å². The van der Waals surface area contributed by atoms with Gasteiger partial charge in [0.05, 0.1) is 18.9 Å². The van der Waals surface area contributed by atoms with E-state index in [9.17, 15) is 14.4 Å². The summed E-state index contributed by atoms with van der Waals surface area (Å²) in [6.07, 6.45) is 4.96. The Hall–Kier alpha value is -1.65. The molecule has 5 atom stereocenters. The zero-order valence-electron chi connectivity index (χ0n) is 10.3. The number of ether oxygens (including phenoxy) is 1. The highest BCUT2D eigenvalue weighted by Crippen LogP contribution is 2.52. The van der Waals surface area contributed by atoms with E-state index in [1.54, 1.807) is 0 Å². The van der Waals surface area contributed by atoms with E-state index in [2.05, 4.69) is 4.74 Å². The molecule has 0 aromatic carbocycles. The van der Waals surface area contributed by atoms with E-state index in [4.69, 9.17) is 0 Å². The first-order valence-electron chi connectivity index (χ1n) is 6.19. The van der Waals surface area contributed by atoms with Crippen LogP contribution in [0.1, 0.15) is 13.3 Å². The van der Waals surface area contributed by atoms with Crippen LogP contribution in [0.25, 0.3) is 0 Å². The Morgan fingerprint density at radius 2 is 1.78 bits per heavy atom. The molecule has 2 bridgehead atoms. The van der Waals surface area contributed by atoms with Crippen LogP contribution >= 0.6 is 0 Å². The van der Waals surface area contributed by atoms with Crippen molar-refractivity contribution in [1.29, 1.82) is 0 Å². The Morgan fingerprint density at radius 3 is 2.22 bits per heavy atom. The van der Waals surface area contributed by atoms with Crippen molar-refractivity contribution in [3.05, 3.63) is 12.2 Å². The minimum Gasteiger partial charge on any atom is -0.467 e. The fourth-order valence-corrected chi connectivity index (χ4v) is 3.58. The van der Waals surface area contributed by atoms with Crippen LogP contribution in [0.5, 0.6) is 0 Å². The molecule has 2 aliphatic carbocycles. The number of rotatable bonds is 2. The molecule has 0 aromatic rings. The van der Waals surface area contributed by atoms with Crippen molar-refractivity contribution in [2.24, 2.45) is 23.7 Å². The molecular formula is C13H15NO4. The normalized spacial score (nSPS) is 38.2. The Bertz CT molecular complexity index is 440. The predicted molar refractivity (Wildman–Crippen MR) is 61.0 cm³/mol. The van der Waals surface area contributed by atoms with E-state index in [0.29, 0.717) is 0 Å². The second-order valence-corrected chi connectivity index (χ2v) is 5.25. The van der Waals surface area contributed by atoms with Crippen molar-refractivity contribution in [3.63, 3.8) is 0 Å². The lowest BCUT2D eigenvalue weighted by atomic mass is 9.85. The van der Waals surface area contributed by atoms with Crippen LogP contribution in [0.15, 0.2) is 12.2 Å². The van der Waals surface area contributed by atoms with Crippen LogP contribution in [-0.4, -0.2) is 35.8 Å². The summed E-state index contributed by atoms with van der Waals surface area (Å²) in [4.78, 5) is 37.2.